The Balaban J connectivity index is 1.91. The lowest BCUT2D eigenvalue weighted by atomic mass is 9.87. The fourth-order valence-electron chi connectivity index (χ4n) is 2.74. The second-order valence-electron chi connectivity index (χ2n) is 5.65. The summed E-state index contributed by atoms with van der Waals surface area (Å²) in [4.78, 5) is 0. The highest BCUT2D eigenvalue weighted by atomic mass is 127. The van der Waals surface area contributed by atoms with E-state index in [4.69, 9.17) is 0 Å². The molecular weight excluding hydrogens is 337 g/mol. The topological polar surface area (TPSA) is 32.3 Å². The van der Waals surface area contributed by atoms with Gasteiger partial charge in [-0.1, -0.05) is 18.6 Å². The Hall–Kier alpha value is -0.130. The van der Waals surface area contributed by atoms with Gasteiger partial charge in [0.2, 0.25) is 0 Å². The van der Waals surface area contributed by atoms with Crippen LogP contribution in [0.2, 0.25) is 0 Å². The monoisotopic (exact) mass is 359 g/mol. The highest BCUT2D eigenvalue weighted by Crippen LogP contribution is 2.23. The number of aliphatic hydroxyl groups is 1. The summed E-state index contributed by atoms with van der Waals surface area (Å²) in [5, 5.41) is 14.1. The molecule has 2 N–H and O–H groups in total. The molecule has 18 heavy (non-hydrogen) atoms. The molecule has 0 radical (unpaired) electrons. The maximum Gasteiger partial charge on any atom is 0.0674 e. The highest BCUT2D eigenvalue weighted by Gasteiger charge is 2.26. The number of rotatable bonds is 4. The van der Waals surface area contributed by atoms with Crippen LogP contribution in [0.1, 0.15) is 38.2 Å². The zero-order valence-electron chi connectivity index (χ0n) is 11.0. The molecule has 2 unspecified atom stereocenters. The molecular formula is C15H22INO. The van der Waals surface area contributed by atoms with Crippen molar-refractivity contribution in [2.45, 2.75) is 50.7 Å². The lowest BCUT2D eigenvalue weighted by Crippen LogP contribution is -2.41. The van der Waals surface area contributed by atoms with Crippen molar-refractivity contribution in [2.75, 3.05) is 6.54 Å². The molecule has 1 aliphatic rings. The summed E-state index contributed by atoms with van der Waals surface area (Å²) in [7, 11) is 0. The average molecular weight is 359 g/mol. The van der Waals surface area contributed by atoms with Crippen LogP contribution >= 0.6 is 22.6 Å². The normalized spacial score (nSPS) is 23.6. The van der Waals surface area contributed by atoms with Crippen LogP contribution in [0.5, 0.6) is 0 Å². The first-order chi connectivity index (χ1) is 8.55. The number of hydrogen-bond acceptors (Lipinski definition) is 2. The van der Waals surface area contributed by atoms with Gasteiger partial charge in [0, 0.05) is 16.0 Å². The van der Waals surface area contributed by atoms with Crippen molar-refractivity contribution in [3.05, 3.63) is 33.4 Å². The van der Waals surface area contributed by atoms with E-state index in [0.717, 1.165) is 19.4 Å². The van der Waals surface area contributed by atoms with Gasteiger partial charge in [0.25, 0.3) is 0 Å². The first-order valence-electron chi connectivity index (χ1n) is 6.75. The predicted molar refractivity (Wildman–Crippen MR) is 83.7 cm³/mol. The number of halogens is 1. The van der Waals surface area contributed by atoms with E-state index in [9.17, 15) is 5.11 Å². The number of benzene rings is 1. The Labute approximate surface area is 123 Å². The van der Waals surface area contributed by atoms with Crippen LogP contribution in [0.4, 0.5) is 0 Å². The Morgan fingerprint density at radius 3 is 2.67 bits per heavy atom. The summed E-state index contributed by atoms with van der Waals surface area (Å²) in [6.45, 7) is 3.06. The summed E-state index contributed by atoms with van der Waals surface area (Å²) in [5.74, 6) is 0. The molecule has 1 aliphatic heterocycles. The molecule has 0 spiro atoms. The average Bonchev–Trinajstić information content (AvgIpc) is 2.32. The van der Waals surface area contributed by atoms with Crippen LogP contribution in [0.3, 0.4) is 0 Å². The van der Waals surface area contributed by atoms with E-state index < -0.39 is 5.60 Å². The van der Waals surface area contributed by atoms with E-state index >= 15 is 0 Å². The zero-order valence-corrected chi connectivity index (χ0v) is 13.1. The predicted octanol–water partition coefficient (Wildman–Crippen LogP) is 3.12. The molecule has 0 saturated carbocycles. The summed E-state index contributed by atoms with van der Waals surface area (Å²) in [6, 6.07) is 8.92. The molecule has 2 nitrogen and oxygen atoms in total. The van der Waals surface area contributed by atoms with Gasteiger partial charge in [-0.15, -0.1) is 0 Å². The third kappa shape index (κ3) is 4.52. The minimum absolute atomic E-state index is 0.484. The first-order valence-corrected chi connectivity index (χ1v) is 7.83. The fraction of sp³-hybridized carbons (Fsp3) is 0.600. The Morgan fingerprint density at radius 2 is 2.06 bits per heavy atom. The zero-order chi connectivity index (χ0) is 13.0. The Bertz CT molecular complexity index is 369. The smallest absolute Gasteiger partial charge is 0.0674 e. The third-order valence-corrected chi connectivity index (χ3v) is 4.32. The quantitative estimate of drug-likeness (QED) is 0.810. The second kappa shape index (κ2) is 6.35. The second-order valence-corrected chi connectivity index (χ2v) is 6.90. The molecule has 1 aromatic carbocycles. The molecule has 100 valence electrons. The third-order valence-electron chi connectivity index (χ3n) is 3.60. The molecule has 2 rings (SSSR count). The van der Waals surface area contributed by atoms with Gasteiger partial charge in [-0.25, -0.2) is 0 Å². The Kier molecular flexibility index (Phi) is 5.04. The van der Waals surface area contributed by atoms with Crippen LogP contribution in [0, 0.1) is 3.57 Å². The van der Waals surface area contributed by atoms with E-state index in [1.165, 1.54) is 28.4 Å². The van der Waals surface area contributed by atoms with Crippen molar-refractivity contribution < 1.29 is 5.11 Å². The van der Waals surface area contributed by atoms with Gasteiger partial charge in [0.05, 0.1) is 5.60 Å². The molecule has 0 aliphatic carbocycles. The molecule has 3 heteroatoms. The first kappa shape index (κ1) is 14.3. The van der Waals surface area contributed by atoms with Gasteiger partial charge in [0.15, 0.2) is 0 Å². The molecule has 1 saturated heterocycles. The summed E-state index contributed by atoms with van der Waals surface area (Å²) >= 11 is 2.31. The van der Waals surface area contributed by atoms with E-state index in [1.807, 2.05) is 6.92 Å². The lowest BCUT2D eigenvalue weighted by Gasteiger charge is -2.31. The van der Waals surface area contributed by atoms with E-state index in [1.54, 1.807) is 0 Å². The van der Waals surface area contributed by atoms with Crippen molar-refractivity contribution in [3.63, 3.8) is 0 Å². The molecule has 0 amide bonds. The van der Waals surface area contributed by atoms with Crippen LogP contribution in [-0.2, 0) is 6.42 Å². The highest BCUT2D eigenvalue weighted by molar-refractivity contribution is 14.1. The standard InChI is InChI=1S/C15H22INO/c1-15(18,11-14-4-2-3-9-17-14)10-12-5-7-13(16)8-6-12/h5-8,14,17-18H,2-4,9-11H2,1H3. The number of piperidine rings is 1. The molecule has 1 fully saturated rings. The molecule has 0 bridgehead atoms. The largest absolute Gasteiger partial charge is 0.390 e. The summed E-state index contributed by atoms with van der Waals surface area (Å²) in [5.41, 5.74) is 0.609. The minimum atomic E-state index is -0.609. The van der Waals surface area contributed by atoms with Crippen molar-refractivity contribution in [3.8, 4) is 0 Å². The van der Waals surface area contributed by atoms with E-state index in [-0.39, 0.29) is 0 Å². The van der Waals surface area contributed by atoms with Crippen molar-refractivity contribution >= 4 is 22.6 Å². The van der Waals surface area contributed by atoms with Crippen LogP contribution in [0.15, 0.2) is 24.3 Å². The van der Waals surface area contributed by atoms with Gasteiger partial charge in [-0.3, -0.25) is 0 Å². The number of hydrogen-bond donors (Lipinski definition) is 2. The summed E-state index contributed by atoms with van der Waals surface area (Å²) in [6.07, 6.45) is 5.34. The van der Waals surface area contributed by atoms with Crippen LogP contribution in [0.25, 0.3) is 0 Å². The Morgan fingerprint density at radius 1 is 1.33 bits per heavy atom. The van der Waals surface area contributed by atoms with Crippen molar-refractivity contribution in [2.24, 2.45) is 0 Å². The maximum absolute atomic E-state index is 10.5. The SMILES string of the molecule is CC(O)(Cc1ccc(I)cc1)CC1CCCCN1. The maximum atomic E-state index is 10.5. The van der Waals surface area contributed by atoms with Crippen LogP contribution < -0.4 is 5.32 Å². The van der Waals surface area contributed by atoms with E-state index in [0.29, 0.717) is 6.04 Å². The van der Waals surface area contributed by atoms with Crippen molar-refractivity contribution in [1.82, 2.24) is 5.32 Å². The van der Waals surface area contributed by atoms with Gasteiger partial charge >= 0.3 is 0 Å². The van der Waals surface area contributed by atoms with E-state index in [2.05, 4.69) is 52.2 Å². The van der Waals surface area contributed by atoms with Gasteiger partial charge in [-0.05, 0) is 73.0 Å². The molecule has 1 heterocycles. The van der Waals surface area contributed by atoms with Crippen LogP contribution in [-0.4, -0.2) is 23.3 Å². The summed E-state index contributed by atoms with van der Waals surface area (Å²) < 4.78 is 1.24. The molecule has 1 aromatic rings. The van der Waals surface area contributed by atoms with Gasteiger partial charge in [-0.2, -0.15) is 0 Å². The molecule has 0 aromatic heterocycles. The minimum Gasteiger partial charge on any atom is -0.390 e. The van der Waals surface area contributed by atoms with Gasteiger partial charge < -0.3 is 10.4 Å². The van der Waals surface area contributed by atoms with Gasteiger partial charge in [0.1, 0.15) is 0 Å². The number of nitrogens with one attached hydrogen (secondary N) is 1. The molecule has 2 atom stereocenters. The van der Waals surface area contributed by atoms with Crippen molar-refractivity contribution in [1.29, 1.82) is 0 Å². The fourth-order valence-corrected chi connectivity index (χ4v) is 3.10. The lowest BCUT2D eigenvalue weighted by molar-refractivity contribution is 0.0371.